The first-order valence-electron chi connectivity index (χ1n) is 12.2. The Morgan fingerprint density at radius 1 is 1.20 bits per heavy atom. The number of esters is 1. The maximum absolute atomic E-state index is 13.8. The summed E-state index contributed by atoms with van der Waals surface area (Å²) in [5.41, 5.74) is 1.72. The topological polar surface area (TPSA) is 111 Å². The molecule has 1 aliphatic rings. The Morgan fingerprint density at radius 2 is 1.95 bits per heavy atom. The summed E-state index contributed by atoms with van der Waals surface area (Å²) in [6.07, 6.45) is 3.57. The molecule has 40 heavy (non-hydrogen) atoms. The normalized spacial score (nSPS) is 15.1. The van der Waals surface area contributed by atoms with Crippen molar-refractivity contribution in [2.45, 2.75) is 24.8 Å². The van der Waals surface area contributed by atoms with Crippen molar-refractivity contribution in [3.8, 4) is 11.3 Å². The molecule has 3 heterocycles. The number of carboxylic acids is 1. The van der Waals surface area contributed by atoms with Gasteiger partial charge in [-0.2, -0.15) is 0 Å². The van der Waals surface area contributed by atoms with Crippen molar-refractivity contribution < 1.29 is 23.8 Å². The van der Waals surface area contributed by atoms with Crippen LogP contribution in [0.2, 0.25) is 5.02 Å². The summed E-state index contributed by atoms with van der Waals surface area (Å²) in [7, 11) is 0. The van der Waals surface area contributed by atoms with Crippen molar-refractivity contribution in [1.82, 2.24) is 4.57 Å². The van der Waals surface area contributed by atoms with Crippen LogP contribution in [-0.2, 0) is 9.53 Å². The molecule has 1 atom stereocenters. The quantitative estimate of drug-likeness (QED) is 0.233. The lowest BCUT2D eigenvalue weighted by atomic mass is 9.96. The van der Waals surface area contributed by atoms with Crippen LogP contribution in [0.15, 0.2) is 85.0 Å². The molecule has 0 unspecified atom stereocenters. The lowest BCUT2D eigenvalue weighted by Gasteiger charge is -2.24. The zero-order chi connectivity index (χ0) is 28.6. The number of aromatic carboxylic acids is 1. The SMILES string of the molecule is CCOC(=O)C1=C(C)N=c2s/c(=C\c3ccc(-c4cc(C(=O)O)ccc4Cl)o3)c(=O)n2[C@H]1c1ccc(SC)cc1. The summed E-state index contributed by atoms with van der Waals surface area (Å²) in [5, 5.41) is 9.66. The Hall–Kier alpha value is -3.86. The minimum Gasteiger partial charge on any atom is -0.478 e. The Labute approximate surface area is 241 Å². The van der Waals surface area contributed by atoms with Gasteiger partial charge in [-0.1, -0.05) is 35.1 Å². The van der Waals surface area contributed by atoms with Crippen LogP contribution in [0.5, 0.6) is 0 Å². The number of thiazole rings is 1. The van der Waals surface area contributed by atoms with Gasteiger partial charge in [0.2, 0.25) is 0 Å². The Bertz CT molecular complexity index is 1850. The van der Waals surface area contributed by atoms with Gasteiger partial charge in [0, 0.05) is 16.5 Å². The fraction of sp³-hybridized carbons (Fsp3) is 0.172. The summed E-state index contributed by atoms with van der Waals surface area (Å²) < 4.78 is 13.1. The predicted molar refractivity (Wildman–Crippen MR) is 155 cm³/mol. The van der Waals surface area contributed by atoms with Gasteiger partial charge in [-0.3, -0.25) is 9.36 Å². The number of aromatic nitrogens is 1. The summed E-state index contributed by atoms with van der Waals surface area (Å²) in [6, 6.07) is 14.7. The zero-order valence-electron chi connectivity index (χ0n) is 21.6. The molecule has 4 aromatic rings. The van der Waals surface area contributed by atoms with Crippen molar-refractivity contribution in [2.75, 3.05) is 12.9 Å². The van der Waals surface area contributed by atoms with Gasteiger partial charge in [-0.25, -0.2) is 14.6 Å². The van der Waals surface area contributed by atoms with Gasteiger partial charge < -0.3 is 14.3 Å². The second-order valence-electron chi connectivity index (χ2n) is 8.78. The van der Waals surface area contributed by atoms with Gasteiger partial charge in [0.15, 0.2) is 4.80 Å². The Morgan fingerprint density at radius 3 is 2.62 bits per heavy atom. The van der Waals surface area contributed by atoms with Gasteiger partial charge in [0.05, 0.1) is 39.0 Å². The summed E-state index contributed by atoms with van der Waals surface area (Å²) in [5.74, 6) is -0.868. The van der Waals surface area contributed by atoms with Crippen molar-refractivity contribution in [1.29, 1.82) is 0 Å². The molecule has 8 nitrogen and oxygen atoms in total. The van der Waals surface area contributed by atoms with Gasteiger partial charge in [0.25, 0.3) is 5.56 Å². The van der Waals surface area contributed by atoms with Crippen LogP contribution in [0.3, 0.4) is 0 Å². The molecular weight excluding hydrogens is 572 g/mol. The highest BCUT2D eigenvalue weighted by atomic mass is 35.5. The van der Waals surface area contributed by atoms with Crippen LogP contribution in [0.4, 0.5) is 0 Å². The van der Waals surface area contributed by atoms with Crippen LogP contribution in [-0.4, -0.2) is 34.5 Å². The van der Waals surface area contributed by atoms with E-state index >= 15 is 0 Å². The zero-order valence-corrected chi connectivity index (χ0v) is 24.0. The molecule has 0 fully saturated rings. The van der Waals surface area contributed by atoms with Crippen LogP contribution in [0.1, 0.15) is 41.6 Å². The Kier molecular flexibility index (Phi) is 7.84. The summed E-state index contributed by atoms with van der Waals surface area (Å²) in [6.45, 7) is 3.66. The first-order valence-corrected chi connectivity index (χ1v) is 14.6. The number of nitrogens with zero attached hydrogens (tertiary/aromatic N) is 2. The molecule has 0 saturated heterocycles. The fourth-order valence-corrected chi connectivity index (χ4v) is 6.09. The van der Waals surface area contributed by atoms with Gasteiger partial charge in [-0.05, 0) is 68.1 Å². The number of furan rings is 1. The molecule has 0 saturated carbocycles. The largest absolute Gasteiger partial charge is 0.478 e. The number of fused-ring (bicyclic) bond motifs is 1. The lowest BCUT2D eigenvalue weighted by Crippen LogP contribution is -2.39. The third-order valence-corrected chi connectivity index (χ3v) is 8.38. The first kappa shape index (κ1) is 27.7. The molecule has 0 radical (unpaired) electrons. The standard InChI is InChI=1S/C29H23ClN2O6S2/c1-4-37-28(36)24-15(2)31-29-32(25(24)16-5-9-19(39-3)10-6-16)26(33)23(40-29)14-18-8-12-22(38-18)20-13-17(27(34)35)7-11-21(20)30/h5-14,25H,4H2,1-3H3,(H,34,35)/b23-14-/t25-/m0/s1. The fourth-order valence-electron chi connectivity index (χ4n) is 4.44. The smallest absolute Gasteiger partial charge is 0.338 e. The van der Waals surface area contributed by atoms with Gasteiger partial charge in [0.1, 0.15) is 11.5 Å². The Balaban J connectivity index is 1.62. The van der Waals surface area contributed by atoms with Gasteiger partial charge in [-0.15, -0.1) is 11.8 Å². The highest BCUT2D eigenvalue weighted by Crippen LogP contribution is 2.32. The van der Waals surface area contributed by atoms with E-state index in [1.807, 2.05) is 30.5 Å². The van der Waals surface area contributed by atoms with E-state index in [-0.39, 0.29) is 17.7 Å². The maximum atomic E-state index is 13.8. The molecule has 0 bridgehead atoms. The van der Waals surface area contributed by atoms with Crippen LogP contribution < -0.4 is 14.9 Å². The molecule has 0 amide bonds. The summed E-state index contributed by atoms with van der Waals surface area (Å²) >= 11 is 9.08. The van der Waals surface area contributed by atoms with Crippen molar-refractivity contribution in [2.24, 2.45) is 4.99 Å². The number of allylic oxidation sites excluding steroid dienone is 1. The van der Waals surface area contributed by atoms with Crippen LogP contribution in [0.25, 0.3) is 17.4 Å². The predicted octanol–water partition coefficient (Wildman–Crippen LogP) is 5.13. The number of thioether (sulfide) groups is 1. The number of carbonyl (C=O) groups excluding carboxylic acids is 1. The minimum atomic E-state index is -1.08. The number of halogens is 1. The van der Waals surface area contributed by atoms with Crippen molar-refractivity contribution >= 4 is 52.7 Å². The molecule has 0 aliphatic carbocycles. The molecule has 11 heteroatoms. The van der Waals surface area contributed by atoms with E-state index in [4.69, 9.17) is 20.8 Å². The number of rotatable bonds is 7. The van der Waals surface area contributed by atoms with Gasteiger partial charge >= 0.3 is 11.9 Å². The molecule has 1 aliphatic heterocycles. The molecule has 2 aromatic carbocycles. The molecule has 5 rings (SSSR count). The lowest BCUT2D eigenvalue weighted by molar-refractivity contribution is -0.139. The second kappa shape index (κ2) is 11.3. The monoisotopic (exact) mass is 594 g/mol. The second-order valence-corrected chi connectivity index (χ2v) is 11.1. The third-order valence-electron chi connectivity index (χ3n) is 6.33. The van der Waals surface area contributed by atoms with Crippen LogP contribution in [0, 0.1) is 0 Å². The average molecular weight is 595 g/mol. The van der Waals surface area contributed by atoms with Crippen molar-refractivity contribution in [3.05, 3.63) is 107 Å². The molecule has 1 N–H and O–H groups in total. The molecule has 2 aromatic heterocycles. The van der Waals surface area contributed by atoms with E-state index in [2.05, 4.69) is 4.99 Å². The van der Waals surface area contributed by atoms with Crippen LogP contribution >= 0.6 is 34.7 Å². The molecule has 204 valence electrons. The first-order chi connectivity index (χ1) is 19.2. The molecule has 0 spiro atoms. The van der Waals surface area contributed by atoms with Crippen molar-refractivity contribution in [3.63, 3.8) is 0 Å². The van der Waals surface area contributed by atoms with E-state index in [0.29, 0.717) is 42.7 Å². The maximum Gasteiger partial charge on any atom is 0.338 e. The summed E-state index contributed by atoms with van der Waals surface area (Å²) in [4.78, 5) is 44.3. The number of carbonyl (C=O) groups is 2. The molecular formula is C29H23ClN2O6S2. The minimum absolute atomic E-state index is 0.0731. The number of hydrogen-bond acceptors (Lipinski definition) is 8. The van der Waals surface area contributed by atoms with E-state index in [1.165, 1.54) is 34.1 Å². The number of carboxylic acid groups (broad SMARTS) is 1. The third kappa shape index (κ3) is 5.17. The van der Waals surface area contributed by atoms with E-state index in [9.17, 15) is 19.5 Å². The van der Waals surface area contributed by atoms with E-state index < -0.39 is 18.0 Å². The number of hydrogen-bond donors (Lipinski definition) is 1. The van der Waals surface area contributed by atoms with E-state index in [1.54, 1.807) is 43.8 Å². The highest BCUT2D eigenvalue weighted by Gasteiger charge is 2.33. The number of benzene rings is 2. The van der Waals surface area contributed by atoms with E-state index in [0.717, 1.165) is 10.5 Å². The highest BCUT2D eigenvalue weighted by molar-refractivity contribution is 7.98. The number of ether oxygens (including phenoxy) is 1. The average Bonchev–Trinajstić information content (AvgIpc) is 3.52.